The molecule has 1 fully saturated rings. The number of nitrogens with one attached hydrogen (secondary N) is 1. The Morgan fingerprint density at radius 1 is 0.973 bits per heavy atom. The number of halogens is 5. The van der Waals surface area contributed by atoms with Crippen molar-refractivity contribution in [3.63, 3.8) is 0 Å². The van der Waals surface area contributed by atoms with Crippen molar-refractivity contribution in [1.29, 1.82) is 0 Å². The minimum Gasteiger partial charge on any atom is -0.365 e. The first-order valence-corrected chi connectivity index (χ1v) is 12.2. The van der Waals surface area contributed by atoms with E-state index in [4.69, 9.17) is 0 Å². The zero-order chi connectivity index (χ0) is 26.2. The second-order valence-corrected chi connectivity index (χ2v) is 9.56. The van der Waals surface area contributed by atoms with Crippen LogP contribution in [0.5, 0.6) is 0 Å². The molecule has 3 aromatic carbocycles. The lowest BCUT2D eigenvalue weighted by molar-refractivity contribution is -0.137. The highest BCUT2D eigenvalue weighted by atomic mass is 19.4. The van der Waals surface area contributed by atoms with Gasteiger partial charge in [-0.1, -0.05) is 30.3 Å². The van der Waals surface area contributed by atoms with E-state index in [9.17, 15) is 26.7 Å². The summed E-state index contributed by atoms with van der Waals surface area (Å²) in [6.45, 7) is 2.56. The Balaban J connectivity index is 1.41. The molecular formula is C28H26F5N3O. The van der Waals surface area contributed by atoms with Crippen molar-refractivity contribution in [2.45, 2.75) is 25.1 Å². The van der Waals surface area contributed by atoms with Gasteiger partial charge in [-0.15, -0.1) is 0 Å². The van der Waals surface area contributed by atoms with Gasteiger partial charge in [-0.25, -0.2) is 8.78 Å². The molecule has 0 saturated carbocycles. The van der Waals surface area contributed by atoms with Gasteiger partial charge in [0, 0.05) is 37.9 Å². The lowest BCUT2D eigenvalue weighted by Crippen LogP contribution is -2.60. The highest BCUT2D eigenvalue weighted by molar-refractivity contribution is 5.94. The predicted molar refractivity (Wildman–Crippen MR) is 131 cm³/mol. The third-order valence-electron chi connectivity index (χ3n) is 7.21. The van der Waals surface area contributed by atoms with E-state index < -0.39 is 35.2 Å². The summed E-state index contributed by atoms with van der Waals surface area (Å²) in [5.74, 6) is -2.91. The largest absolute Gasteiger partial charge is 0.416 e. The average Bonchev–Trinajstić information content (AvgIpc) is 2.88. The molecule has 0 radical (unpaired) electrons. The zero-order valence-corrected chi connectivity index (χ0v) is 19.9. The lowest BCUT2D eigenvalue weighted by Gasteiger charge is -2.49. The molecule has 4 nitrogen and oxygen atoms in total. The van der Waals surface area contributed by atoms with Crippen LogP contribution in [0, 0.1) is 17.6 Å². The van der Waals surface area contributed by atoms with Gasteiger partial charge in [0.25, 0.3) is 0 Å². The van der Waals surface area contributed by atoms with Crippen LogP contribution < -0.4 is 10.2 Å². The fourth-order valence-electron chi connectivity index (χ4n) is 5.31. The second kappa shape index (κ2) is 10.1. The SMILES string of the molecule is O=C(Nc1ccc(F)cc1F)C1Cc2cc(C(F)(F)F)ccc2N2CCN(CCc3ccccc3)CC12. The summed E-state index contributed by atoms with van der Waals surface area (Å²) >= 11 is 0. The predicted octanol–water partition coefficient (Wildman–Crippen LogP) is 5.53. The number of carbonyl (C=O) groups excluding carboxylic acids is 1. The van der Waals surface area contributed by atoms with E-state index in [1.165, 1.54) is 11.6 Å². The minimum atomic E-state index is -4.50. The summed E-state index contributed by atoms with van der Waals surface area (Å²) in [4.78, 5) is 17.7. The molecule has 2 atom stereocenters. The van der Waals surface area contributed by atoms with Crippen LogP contribution >= 0.6 is 0 Å². The molecule has 2 aliphatic rings. The van der Waals surface area contributed by atoms with E-state index in [0.29, 0.717) is 37.0 Å². The fraction of sp³-hybridized carbons (Fsp3) is 0.321. The van der Waals surface area contributed by atoms with Gasteiger partial charge in [-0.3, -0.25) is 9.69 Å². The van der Waals surface area contributed by atoms with Gasteiger partial charge in [0.2, 0.25) is 5.91 Å². The van der Waals surface area contributed by atoms with Crippen LogP contribution in [0.1, 0.15) is 16.7 Å². The van der Waals surface area contributed by atoms with E-state index in [0.717, 1.165) is 37.2 Å². The van der Waals surface area contributed by atoms with Crippen LogP contribution in [0.25, 0.3) is 0 Å². The first kappa shape index (κ1) is 25.2. The molecule has 3 aromatic rings. The van der Waals surface area contributed by atoms with Gasteiger partial charge in [-0.05, 0) is 54.3 Å². The molecule has 2 aliphatic heterocycles. The molecule has 1 amide bonds. The molecule has 2 heterocycles. The number of anilines is 2. The number of rotatable bonds is 5. The van der Waals surface area contributed by atoms with E-state index in [1.54, 1.807) is 0 Å². The van der Waals surface area contributed by atoms with Crippen molar-refractivity contribution >= 4 is 17.3 Å². The number of benzene rings is 3. The van der Waals surface area contributed by atoms with E-state index in [1.807, 2.05) is 23.1 Å². The Labute approximate surface area is 211 Å². The Bertz CT molecular complexity index is 1280. The number of hydrogen-bond donors (Lipinski definition) is 1. The normalized spacial score (nSPS) is 19.8. The van der Waals surface area contributed by atoms with Crippen LogP contribution in [-0.2, 0) is 23.8 Å². The number of piperazine rings is 1. The molecule has 194 valence electrons. The molecule has 37 heavy (non-hydrogen) atoms. The Kier molecular flexibility index (Phi) is 6.90. The molecule has 1 N–H and O–H groups in total. The van der Waals surface area contributed by atoms with Crippen molar-refractivity contribution in [1.82, 2.24) is 4.90 Å². The van der Waals surface area contributed by atoms with Gasteiger partial charge in [0.15, 0.2) is 0 Å². The molecule has 0 bridgehead atoms. The first-order chi connectivity index (χ1) is 17.7. The number of amides is 1. The summed E-state index contributed by atoms with van der Waals surface area (Å²) in [6, 6.07) is 16.3. The van der Waals surface area contributed by atoms with Crippen LogP contribution in [0.3, 0.4) is 0 Å². The van der Waals surface area contributed by atoms with Gasteiger partial charge in [-0.2, -0.15) is 13.2 Å². The minimum absolute atomic E-state index is 0.0849. The number of alkyl halides is 3. The van der Waals surface area contributed by atoms with Crippen molar-refractivity contribution in [2.24, 2.45) is 5.92 Å². The quantitative estimate of drug-likeness (QED) is 0.454. The maximum Gasteiger partial charge on any atom is 0.416 e. The number of hydrogen-bond acceptors (Lipinski definition) is 3. The van der Waals surface area contributed by atoms with Crippen LogP contribution in [0.4, 0.5) is 33.3 Å². The Morgan fingerprint density at radius 3 is 2.49 bits per heavy atom. The summed E-state index contributed by atoms with van der Waals surface area (Å²) in [5.41, 5.74) is 1.39. The Morgan fingerprint density at radius 2 is 1.76 bits per heavy atom. The average molecular weight is 516 g/mol. The zero-order valence-electron chi connectivity index (χ0n) is 19.9. The number of nitrogens with zero attached hydrogens (tertiary/aromatic N) is 2. The van der Waals surface area contributed by atoms with Gasteiger partial charge >= 0.3 is 6.18 Å². The van der Waals surface area contributed by atoms with E-state index >= 15 is 0 Å². The van der Waals surface area contributed by atoms with Crippen LogP contribution in [0.15, 0.2) is 66.7 Å². The fourth-order valence-corrected chi connectivity index (χ4v) is 5.31. The van der Waals surface area contributed by atoms with Crippen molar-refractivity contribution in [2.75, 3.05) is 36.4 Å². The number of fused-ring (bicyclic) bond motifs is 3. The molecule has 0 spiro atoms. The topological polar surface area (TPSA) is 35.6 Å². The highest BCUT2D eigenvalue weighted by Gasteiger charge is 2.42. The number of carbonyl (C=O) groups is 1. The van der Waals surface area contributed by atoms with Crippen molar-refractivity contribution in [3.05, 3.63) is 95.1 Å². The molecule has 0 aromatic heterocycles. The van der Waals surface area contributed by atoms with E-state index in [-0.39, 0.29) is 18.2 Å². The van der Waals surface area contributed by atoms with Gasteiger partial charge in [0.05, 0.1) is 23.2 Å². The van der Waals surface area contributed by atoms with E-state index in [2.05, 4.69) is 22.3 Å². The molecular weight excluding hydrogens is 489 g/mol. The maximum absolute atomic E-state index is 14.3. The van der Waals surface area contributed by atoms with Gasteiger partial charge < -0.3 is 10.2 Å². The van der Waals surface area contributed by atoms with Crippen molar-refractivity contribution < 1.29 is 26.7 Å². The summed E-state index contributed by atoms with van der Waals surface area (Å²) in [7, 11) is 0. The summed E-state index contributed by atoms with van der Waals surface area (Å²) in [6.07, 6.45) is -3.59. The first-order valence-electron chi connectivity index (χ1n) is 12.2. The standard InChI is InChI=1S/C28H26F5N3O/c29-21-7-8-24(23(30)16-21)34-27(37)22-15-19-14-20(28(31,32)33)6-9-25(19)36-13-12-35(17-26(22)36)11-10-18-4-2-1-3-5-18/h1-9,14,16,22,26H,10-13,15,17H2,(H,34,37). The third-order valence-corrected chi connectivity index (χ3v) is 7.21. The highest BCUT2D eigenvalue weighted by Crippen LogP contribution is 2.40. The lowest BCUT2D eigenvalue weighted by atomic mass is 9.82. The van der Waals surface area contributed by atoms with Gasteiger partial charge in [0.1, 0.15) is 11.6 Å². The second-order valence-electron chi connectivity index (χ2n) is 9.56. The smallest absolute Gasteiger partial charge is 0.365 e. The van der Waals surface area contributed by atoms with Crippen molar-refractivity contribution in [3.8, 4) is 0 Å². The molecule has 0 aliphatic carbocycles. The summed E-state index contributed by atoms with van der Waals surface area (Å²) in [5, 5.41) is 2.54. The molecule has 1 saturated heterocycles. The molecule has 5 rings (SSSR count). The summed E-state index contributed by atoms with van der Waals surface area (Å²) < 4.78 is 67.8. The molecule has 9 heteroatoms. The third kappa shape index (κ3) is 5.46. The maximum atomic E-state index is 14.3. The van der Waals surface area contributed by atoms with Crippen LogP contribution in [-0.4, -0.2) is 43.0 Å². The molecule has 2 unspecified atom stereocenters. The monoisotopic (exact) mass is 515 g/mol. The Hall–Kier alpha value is -3.46. The van der Waals surface area contributed by atoms with Crippen LogP contribution in [0.2, 0.25) is 0 Å².